The van der Waals surface area contributed by atoms with Gasteiger partial charge in [0.25, 0.3) is 0 Å². The molecule has 3 aromatic carbocycles. The van der Waals surface area contributed by atoms with E-state index < -0.39 is 30.3 Å². The summed E-state index contributed by atoms with van der Waals surface area (Å²) in [6, 6.07) is 27.1. The predicted octanol–water partition coefficient (Wildman–Crippen LogP) is 4.51. The highest BCUT2D eigenvalue weighted by molar-refractivity contribution is 5.86. The Labute approximate surface area is 169 Å². The lowest BCUT2D eigenvalue weighted by molar-refractivity contribution is -0.147. The molecule has 1 aliphatic rings. The molecule has 2 unspecified atom stereocenters. The summed E-state index contributed by atoms with van der Waals surface area (Å²) < 4.78 is 10.8. The average molecular weight is 387 g/mol. The maximum Gasteiger partial charge on any atom is 0.412 e. The van der Waals surface area contributed by atoms with Crippen molar-refractivity contribution in [2.75, 3.05) is 7.11 Å². The molecule has 0 radical (unpaired) electrons. The summed E-state index contributed by atoms with van der Waals surface area (Å²) in [6.45, 7) is 0. The summed E-state index contributed by atoms with van der Waals surface area (Å²) in [4.78, 5) is 27.4. The number of benzene rings is 3. The number of ether oxygens (including phenoxy) is 2. The maximum absolute atomic E-state index is 13.1. The molecule has 1 aliphatic heterocycles. The molecular formula is C24H21NO4. The molecule has 1 amide bonds. The van der Waals surface area contributed by atoms with Gasteiger partial charge in [-0.1, -0.05) is 91.0 Å². The fourth-order valence-electron chi connectivity index (χ4n) is 3.79. The summed E-state index contributed by atoms with van der Waals surface area (Å²) in [5.74, 6) is -0.512. The monoisotopic (exact) mass is 387 g/mol. The molecular weight excluding hydrogens is 366 g/mol. The van der Waals surface area contributed by atoms with Gasteiger partial charge >= 0.3 is 12.1 Å². The molecule has 1 fully saturated rings. The lowest BCUT2D eigenvalue weighted by Gasteiger charge is -2.31. The number of carbonyl (C=O) groups excluding carboxylic acids is 2. The molecule has 0 bridgehead atoms. The van der Waals surface area contributed by atoms with Crippen molar-refractivity contribution in [2.45, 2.75) is 18.2 Å². The van der Waals surface area contributed by atoms with Crippen molar-refractivity contribution in [3.63, 3.8) is 0 Å². The largest absolute Gasteiger partial charge is 0.467 e. The fraction of sp³-hybridized carbons (Fsp3) is 0.167. The molecule has 5 nitrogen and oxygen atoms in total. The van der Waals surface area contributed by atoms with E-state index in [4.69, 9.17) is 9.47 Å². The highest BCUT2D eigenvalue weighted by Crippen LogP contribution is 2.41. The van der Waals surface area contributed by atoms with E-state index in [1.165, 1.54) is 12.0 Å². The molecule has 2 atom stereocenters. The molecule has 5 heteroatoms. The van der Waals surface area contributed by atoms with Gasteiger partial charge in [-0.05, 0) is 16.7 Å². The van der Waals surface area contributed by atoms with Gasteiger partial charge < -0.3 is 9.47 Å². The minimum atomic E-state index is -0.902. The Balaban J connectivity index is 1.84. The van der Waals surface area contributed by atoms with Crippen molar-refractivity contribution in [1.29, 1.82) is 0 Å². The van der Waals surface area contributed by atoms with E-state index in [-0.39, 0.29) is 0 Å². The normalized spacial score (nSPS) is 18.6. The van der Waals surface area contributed by atoms with Crippen LogP contribution in [-0.2, 0) is 14.3 Å². The second-order valence-corrected chi connectivity index (χ2v) is 6.81. The minimum Gasteiger partial charge on any atom is -0.467 e. The fourth-order valence-corrected chi connectivity index (χ4v) is 3.79. The average Bonchev–Trinajstić information content (AvgIpc) is 3.12. The van der Waals surface area contributed by atoms with Crippen LogP contribution in [0.1, 0.15) is 28.8 Å². The molecule has 1 heterocycles. The molecule has 3 aromatic rings. The number of esters is 1. The number of hydrogen-bond donors (Lipinski definition) is 0. The van der Waals surface area contributed by atoms with Gasteiger partial charge in [0.1, 0.15) is 0 Å². The van der Waals surface area contributed by atoms with Crippen molar-refractivity contribution < 1.29 is 19.1 Å². The second-order valence-electron chi connectivity index (χ2n) is 6.81. The SMILES string of the molecule is COC(=O)C1C(c2ccccc2)OC(=O)N1C(c1ccccc1)c1ccccc1. The Hall–Kier alpha value is -3.60. The minimum absolute atomic E-state index is 0.484. The van der Waals surface area contributed by atoms with Crippen molar-refractivity contribution >= 4 is 12.1 Å². The standard InChI is InChI=1S/C24H21NO4/c1-28-23(26)21-22(19-15-9-4-10-16-19)29-24(27)25(21)20(17-11-5-2-6-12-17)18-13-7-3-8-14-18/h2-16,20-22H,1H3. The van der Waals surface area contributed by atoms with Gasteiger partial charge in [0.2, 0.25) is 0 Å². The highest BCUT2D eigenvalue weighted by atomic mass is 16.6. The third-order valence-electron chi connectivity index (χ3n) is 5.10. The molecule has 146 valence electrons. The van der Waals surface area contributed by atoms with Gasteiger partial charge in [-0.2, -0.15) is 0 Å². The number of methoxy groups -OCH3 is 1. The molecule has 0 spiro atoms. The first-order valence-corrected chi connectivity index (χ1v) is 9.42. The third kappa shape index (κ3) is 3.59. The number of nitrogens with zero attached hydrogens (tertiary/aromatic N) is 1. The van der Waals surface area contributed by atoms with Crippen LogP contribution in [0.15, 0.2) is 91.0 Å². The molecule has 0 N–H and O–H groups in total. The van der Waals surface area contributed by atoms with Crippen LogP contribution in [0.2, 0.25) is 0 Å². The summed E-state index contributed by atoms with van der Waals surface area (Å²) in [7, 11) is 1.32. The first-order valence-electron chi connectivity index (χ1n) is 9.42. The van der Waals surface area contributed by atoms with E-state index in [0.717, 1.165) is 16.7 Å². The number of cyclic esters (lactones) is 1. The van der Waals surface area contributed by atoms with Crippen LogP contribution < -0.4 is 0 Å². The zero-order valence-electron chi connectivity index (χ0n) is 16.0. The van der Waals surface area contributed by atoms with Crippen molar-refractivity contribution in [3.8, 4) is 0 Å². The number of hydrogen-bond acceptors (Lipinski definition) is 4. The Kier molecular flexibility index (Phi) is 5.29. The maximum atomic E-state index is 13.1. The van der Waals surface area contributed by atoms with E-state index in [9.17, 15) is 9.59 Å². The van der Waals surface area contributed by atoms with Crippen LogP contribution in [0.5, 0.6) is 0 Å². The van der Waals surface area contributed by atoms with Gasteiger partial charge in [-0.3, -0.25) is 4.90 Å². The lowest BCUT2D eigenvalue weighted by Crippen LogP contribution is -2.43. The van der Waals surface area contributed by atoms with Gasteiger partial charge in [-0.25, -0.2) is 9.59 Å². The lowest BCUT2D eigenvalue weighted by atomic mass is 9.94. The van der Waals surface area contributed by atoms with Gasteiger partial charge in [0, 0.05) is 0 Å². The van der Waals surface area contributed by atoms with Crippen LogP contribution in [0.4, 0.5) is 4.79 Å². The molecule has 4 rings (SSSR count). The van der Waals surface area contributed by atoms with Crippen molar-refractivity contribution in [2.24, 2.45) is 0 Å². The summed E-state index contributed by atoms with van der Waals surface area (Å²) in [5.41, 5.74) is 2.52. The molecule has 29 heavy (non-hydrogen) atoms. The van der Waals surface area contributed by atoms with Crippen LogP contribution in [0.3, 0.4) is 0 Å². The first kappa shape index (κ1) is 18.7. The van der Waals surface area contributed by atoms with Crippen LogP contribution in [0.25, 0.3) is 0 Å². The Morgan fingerprint density at radius 2 is 1.34 bits per heavy atom. The van der Waals surface area contributed by atoms with Gasteiger partial charge in [0.05, 0.1) is 13.2 Å². The topological polar surface area (TPSA) is 55.8 Å². The van der Waals surface area contributed by atoms with E-state index in [0.29, 0.717) is 0 Å². The third-order valence-corrected chi connectivity index (χ3v) is 5.10. The van der Waals surface area contributed by atoms with E-state index in [1.807, 2.05) is 91.0 Å². The molecule has 0 saturated carbocycles. The van der Waals surface area contributed by atoms with E-state index in [2.05, 4.69) is 0 Å². The summed E-state index contributed by atoms with van der Waals surface area (Å²) in [6.07, 6.45) is -1.29. The highest BCUT2D eigenvalue weighted by Gasteiger charge is 2.51. The Morgan fingerprint density at radius 3 is 1.83 bits per heavy atom. The molecule has 1 saturated heterocycles. The zero-order valence-corrected chi connectivity index (χ0v) is 16.0. The number of carbonyl (C=O) groups is 2. The first-order chi connectivity index (χ1) is 14.2. The smallest absolute Gasteiger partial charge is 0.412 e. The van der Waals surface area contributed by atoms with Crippen molar-refractivity contribution in [1.82, 2.24) is 4.90 Å². The van der Waals surface area contributed by atoms with Gasteiger partial charge in [0.15, 0.2) is 12.1 Å². The summed E-state index contributed by atoms with van der Waals surface area (Å²) in [5, 5.41) is 0. The Morgan fingerprint density at radius 1 is 0.862 bits per heavy atom. The van der Waals surface area contributed by atoms with E-state index in [1.54, 1.807) is 0 Å². The zero-order chi connectivity index (χ0) is 20.2. The van der Waals surface area contributed by atoms with Crippen molar-refractivity contribution in [3.05, 3.63) is 108 Å². The van der Waals surface area contributed by atoms with Gasteiger partial charge in [-0.15, -0.1) is 0 Å². The predicted molar refractivity (Wildman–Crippen MR) is 108 cm³/mol. The molecule has 0 aromatic heterocycles. The van der Waals surface area contributed by atoms with Crippen LogP contribution >= 0.6 is 0 Å². The number of rotatable bonds is 5. The summed E-state index contributed by atoms with van der Waals surface area (Å²) >= 11 is 0. The van der Waals surface area contributed by atoms with Crippen LogP contribution in [-0.4, -0.2) is 30.1 Å². The number of amides is 1. The molecule has 0 aliphatic carbocycles. The quantitative estimate of drug-likeness (QED) is 0.605. The Bertz CT molecular complexity index is 936. The van der Waals surface area contributed by atoms with E-state index >= 15 is 0 Å². The second kappa shape index (κ2) is 8.19. The van der Waals surface area contributed by atoms with Crippen LogP contribution in [0, 0.1) is 0 Å².